The molecule has 2 aromatic heterocycles. The van der Waals surface area contributed by atoms with E-state index in [0.29, 0.717) is 23.6 Å². The lowest BCUT2D eigenvalue weighted by molar-refractivity contribution is -0.00177. The summed E-state index contributed by atoms with van der Waals surface area (Å²) in [4.78, 5) is 21.5. The number of carbonyl (C=O) groups excluding carboxylic acids is 1. The molecule has 4 rings (SSSR count). The lowest BCUT2D eigenvalue weighted by Crippen LogP contribution is -2.42. The smallest absolute Gasteiger partial charge is 0.255 e. The Morgan fingerprint density at radius 2 is 1.94 bits per heavy atom. The van der Waals surface area contributed by atoms with Gasteiger partial charge < -0.3 is 21.1 Å². The molecule has 0 aliphatic carbocycles. The highest BCUT2D eigenvalue weighted by Crippen LogP contribution is 2.26. The Morgan fingerprint density at radius 1 is 1.14 bits per heavy atom. The number of carbonyl (C=O) groups is 1. The number of nitrogens with zero attached hydrogens (tertiary/aromatic N) is 2. The molecule has 0 saturated heterocycles. The van der Waals surface area contributed by atoms with Crippen molar-refractivity contribution in [2.45, 2.75) is 32.0 Å². The standard InChI is InChI=1S/C26H28FN5O2S/c1-26(2,34)23(27)15-30-25(33)19-14-29-24(32-18-8-9-20-22(12-18)35-16-31-20)13-21(19)28-11-10-17-6-4-3-5-7-17/h3-9,12-14,16,23,34H,10-11,15H2,1-2H3,(H,30,33)(H2,28,29,32). The van der Waals surface area contributed by atoms with Gasteiger partial charge in [0.2, 0.25) is 0 Å². The second kappa shape index (κ2) is 10.8. The first-order chi connectivity index (χ1) is 16.8. The molecule has 182 valence electrons. The number of nitrogens with one attached hydrogen (secondary N) is 3. The molecule has 2 heterocycles. The zero-order valence-corrected chi connectivity index (χ0v) is 20.4. The molecule has 2 aromatic carbocycles. The van der Waals surface area contributed by atoms with Crippen molar-refractivity contribution in [2.75, 3.05) is 23.7 Å². The van der Waals surface area contributed by atoms with Gasteiger partial charge in [0.1, 0.15) is 12.0 Å². The van der Waals surface area contributed by atoms with Crippen LogP contribution in [0.1, 0.15) is 29.8 Å². The molecular formula is C26H28FN5O2S. The van der Waals surface area contributed by atoms with Crippen LogP contribution in [-0.2, 0) is 6.42 Å². The van der Waals surface area contributed by atoms with Crippen LogP contribution >= 0.6 is 11.3 Å². The summed E-state index contributed by atoms with van der Waals surface area (Å²) in [7, 11) is 0. The molecule has 4 N–H and O–H groups in total. The average Bonchev–Trinajstić information content (AvgIpc) is 3.30. The van der Waals surface area contributed by atoms with E-state index in [1.807, 2.05) is 48.5 Å². The molecule has 0 radical (unpaired) electrons. The van der Waals surface area contributed by atoms with Crippen molar-refractivity contribution in [3.63, 3.8) is 0 Å². The summed E-state index contributed by atoms with van der Waals surface area (Å²) >= 11 is 1.55. The van der Waals surface area contributed by atoms with Crippen molar-refractivity contribution in [2.24, 2.45) is 0 Å². The van der Waals surface area contributed by atoms with Gasteiger partial charge in [0.05, 0.1) is 39.1 Å². The highest BCUT2D eigenvalue weighted by molar-refractivity contribution is 7.16. The van der Waals surface area contributed by atoms with Crippen LogP contribution in [0, 0.1) is 0 Å². The predicted molar refractivity (Wildman–Crippen MR) is 139 cm³/mol. The number of thiazole rings is 1. The number of pyridine rings is 1. The fourth-order valence-electron chi connectivity index (χ4n) is 3.45. The van der Waals surface area contributed by atoms with Crippen molar-refractivity contribution in [3.05, 3.63) is 77.4 Å². The number of aliphatic hydroxyl groups is 1. The maximum atomic E-state index is 14.2. The van der Waals surface area contributed by atoms with Crippen molar-refractivity contribution >= 4 is 44.7 Å². The lowest BCUT2D eigenvalue weighted by Gasteiger charge is -2.22. The number of benzene rings is 2. The molecule has 1 atom stereocenters. The Kier molecular flexibility index (Phi) is 7.57. The minimum Gasteiger partial charge on any atom is -0.387 e. The number of fused-ring (bicyclic) bond motifs is 1. The van der Waals surface area contributed by atoms with Gasteiger partial charge in [-0.05, 0) is 44.0 Å². The van der Waals surface area contributed by atoms with E-state index in [2.05, 4.69) is 25.9 Å². The van der Waals surface area contributed by atoms with E-state index in [-0.39, 0.29) is 6.54 Å². The van der Waals surface area contributed by atoms with Gasteiger partial charge in [-0.15, -0.1) is 11.3 Å². The van der Waals surface area contributed by atoms with Crippen LogP contribution in [0.25, 0.3) is 10.2 Å². The molecule has 0 aliphatic rings. The first-order valence-electron chi connectivity index (χ1n) is 11.3. The summed E-state index contributed by atoms with van der Waals surface area (Å²) in [5.74, 6) is 0.0942. The number of aromatic nitrogens is 2. The largest absolute Gasteiger partial charge is 0.387 e. The van der Waals surface area contributed by atoms with E-state index < -0.39 is 17.7 Å². The minimum atomic E-state index is -1.60. The van der Waals surface area contributed by atoms with E-state index in [9.17, 15) is 14.3 Å². The highest BCUT2D eigenvalue weighted by Gasteiger charge is 2.27. The normalized spacial score (nSPS) is 12.3. The summed E-state index contributed by atoms with van der Waals surface area (Å²) in [6.45, 7) is 3.02. The molecule has 0 bridgehead atoms. The molecule has 7 nitrogen and oxygen atoms in total. The number of amides is 1. The topological polar surface area (TPSA) is 99.2 Å². The van der Waals surface area contributed by atoms with Gasteiger partial charge in [-0.1, -0.05) is 30.3 Å². The van der Waals surface area contributed by atoms with Crippen LogP contribution in [0.15, 0.2) is 66.3 Å². The Labute approximate surface area is 207 Å². The van der Waals surface area contributed by atoms with Crippen molar-refractivity contribution in [3.8, 4) is 0 Å². The fraction of sp³-hybridized carbons (Fsp3) is 0.269. The lowest BCUT2D eigenvalue weighted by atomic mass is 10.0. The van der Waals surface area contributed by atoms with E-state index >= 15 is 0 Å². The maximum Gasteiger partial charge on any atom is 0.255 e. The van der Waals surface area contributed by atoms with Gasteiger partial charge in [0, 0.05) is 24.5 Å². The van der Waals surface area contributed by atoms with E-state index in [4.69, 9.17) is 0 Å². The Hall–Kier alpha value is -3.56. The zero-order chi connectivity index (χ0) is 24.8. The monoisotopic (exact) mass is 493 g/mol. The minimum absolute atomic E-state index is 0.296. The summed E-state index contributed by atoms with van der Waals surface area (Å²) in [6.07, 6.45) is 0.627. The van der Waals surface area contributed by atoms with Gasteiger partial charge in [0.25, 0.3) is 5.91 Å². The Bertz CT molecular complexity index is 1290. The molecule has 0 fully saturated rings. The third kappa shape index (κ3) is 6.52. The SMILES string of the molecule is CC(C)(O)C(F)CNC(=O)c1cnc(Nc2ccc3ncsc3c2)cc1NCCc1ccccc1. The zero-order valence-electron chi connectivity index (χ0n) is 19.6. The molecule has 0 saturated carbocycles. The van der Waals surface area contributed by atoms with Crippen molar-refractivity contribution in [1.29, 1.82) is 0 Å². The van der Waals surface area contributed by atoms with Crippen LogP contribution in [0.3, 0.4) is 0 Å². The number of hydrogen-bond acceptors (Lipinski definition) is 7. The van der Waals surface area contributed by atoms with Gasteiger partial charge in [0.15, 0.2) is 0 Å². The number of alkyl halides is 1. The molecule has 4 aromatic rings. The summed E-state index contributed by atoms with van der Waals surface area (Å²) in [5, 5.41) is 19.0. The van der Waals surface area contributed by atoms with Crippen LogP contribution in [0.2, 0.25) is 0 Å². The summed E-state index contributed by atoms with van der Waals surface area (Å²) < 4.78 is 15.2. The van der Waals surface area contributed by atoms with E-state index in [1.165, 1.54) is 25.6 Å². The first kappa shape index (κ1) is 24.6. The van der Waals surface area contributed by atoms with Gasteiger partial charge in [-0.25, -0.2) is 14.4 Å². The van der Waals surface area contributed by atoms with Crippen molar-refractivity contribution in [1.82, 2.24) is 15.3 Å². The van der Waals surface area contributed by atoms with E-state index in [0.717, 1.165) is 22.3 Å². The number of hydrogen-bond donors (Lipinski definition) is 4. The molecule has 1 amide bonds. The summed E-state index contributed by atoms with van der Waals surface area (Å²) in [6, 6.07) is 17.6. The molecule has 0 spiro atoms. The number of halogens is 1. The summed E-state index contributed by atoms with van der Waals surface area (Å²) in [5.41, 5.74) is 4.08. The van der Waals surface area contributed by atoms with Crippen molar-refractivity contribution < 1.29 is 14.3 Å². The average molecular weight is 494 g/mol. The molecule has 0 aliphatic heterocycles. The van der Waals surface area contributed by atoms with Gasteiger partial charge in [-0.2, -0.15) is 0 Å². The van der Waals surface area contributed by atoms with Crippen LogP contribution in [-0.4, -0.2) is 45.8 Å². The Morgan fingerprint density at radius 3 is 2.71 bits per heavy atom. The van der Waals surface area contributed by atoms with Crippen LogP contribution < -0.4 is 16.0 Å². The maximum absolute atomic E-state index is 14.2. The molecular weight excluding hydrogens is 465 g/mol. The van der Waals surface area contributed by atoms with Crippen LogP contribution in [0.5, 0.6) is 0 Å². The molecule has 9 heteroatoms. The van der Waals surface area contributed by atoms with Gasteiger partial charge >= 0.3 is 0 Å². The third-order valence-corrected chi connectivity index (χ3v) is 6.32. The Balaban J connectivity index is 1.52. The molecule has 1 unspecified atom stereocenters. The second-order valence-corrected chi connectivity index (χ2v) is 9.65. The molecule has 35 heavy (non-hydrogen) atoms. The predicted octanol–water partition coefficient (Wildman–Crippen LogP) is 4.93. The third-order valence-electron chi connectivity index (χ3n) is 5.53. The second-order valence-electron chi connectivity index (χ2n) is 8.77. The van der Waals surface area contributed by atoms with E-state index in [1.54, 1.807) is 22.9 Å². The first-order valence-corrected chi connectivity index (χ1v) is 12.2. The number of anilines is 3. The van der Waals surface area contributed by atoms with Crippen LogP contribution in [0.4, 0.5) is 21.6 Å². The number of rotatable bonds is 10. The van der Waals surface area contributed by atoms with Gasteiger partial charge in [-0.3, -0.25) is 4.79 Å². The fourth-order valence-corrected chi connectivity index (χ4v) is 4.16. The quantitative estimate of drug-likeness (QED) is 0.250. The highest BCUT2D eigenvalue weighted by atomic mass is 32.1.